The van der Waals surface area contributed by atoms with Gasteiger partial charge in [-0.25, -0.2) is 13.8 Å². The first-order chi connectivity index (χ1) is 16.1. The van der Waals surface area contributed by atoms with Gasteiger partial charge in [-0.3, -0.25) is 9.10 Å². The van der Waals surface area contributed by atoms with Crippen LogP contribution in [0.4, 0.5) is 5.69 Å². The first-order valence-electron chi connectivity index (χ1n) is 10.2. The minimum atomic E-state index is -4.01. The van der Waals surface area contributed by atoms with Crippen LogP contribution < -0.4 is 14.5 Å². The Balaban J connectivity index is 1.87. The number of rotatable bonds is 8. The Kier molecular flexibility index (Phi) is 7.95. The molecule has 34 heavy (non-hydrogen) atoms. The predicted octanol–water partition coefficient (Wildman–Crippen LogP) is 4.13. The van der Waals surface area contributed by atoms with Crippen molar-refractivity contribution in [1.82, 2.24) is 5.43 Å². The summed E-state index contributed by atoms with van der Waals surface area (Å²) in [6.07, 6.45) is 1.36. The zero-order valence-corrected chi connectivity index (χ0v) is 21.2. The number of sulfonamides is 1. The molecule has 178 valence electrons. The number of amides is 1. The van der Waals surface area contributed by atoms with Crippen molar-refractivity contribution in [1.29, 1.82) is 0 Å². The number of aromatic hydroxyl groups is 1. The number of nitrogens with one attached hydrogen (secondary N) is 1. The number of nitrogens with zero attached hydrogens (tertiary/aromatic N) is 2. The van der Waals surface area contributed by atoms with E-state index in [1.54, 1.807) is 37.3 Å². The molecule has 0 radical (unpaired) electrons. The Morgan fingerprint density at radius 3 is 2.53 bits per heavy atom. The molecule has 3 aromatic carbocycles. The molecule has 0 aliphatic rings. The van der Waals surface area contributed by atoms with E-state index in [9.17, 15) is 18.3 Å². The average Bonchev–Trinajstić information content (AvgIpc) is 2.81. The normalized spacial score (nSPS) is 11.4. The van der Waals surface area contributed by atoms with Crippen LogP contribution in [0.1, 0.15) is 16.7 Å². The summed E-state index contributed by atoms with van der Waals surface area (Å²) in [4.78, 5) is 12.8. The maximum atomic E-state index is 13.4. The summed E-state index contributed by atoms with van der Waals surface area (Å²) in [5.74, 6) is -0.447. The molecule has 0 aliphatic heterocycles. The van der Waals surface area contributed by atoms with Gasteiger partial charge in [0.15, 0.2) is 11.5 Å². The zero-order chi connectivity index (χ0) is 24.9. The summed E-state index contributed by atoms with van der Waals surface area (Å²) in [5, 5.41) is 13.8. The summed E-state index contributed by atoms with van der Waals surface area (Å²) < 4.78 is 33.4. The fraction of sp³-hybridized carbons (Fsp3) is 0.167. The lowest BCUT2D eigenvalue weighted by Crippen LogP contribution is -2.40. The SMILES string of the molecule is COc1cc(/C=N\NC(=O)CN(c2cc(C)ccc2C)S(=O)(=O)c2ccccc2)cc(Br)c1O. The second kappa shape index (κ2) is 10.7. The van der Waals surface area contributed by atoms with E-state index in [4.69, 9.17) is 4.74 Å². The topological polar surface area (TPSA) is 108 Å². The Morgan fingerprint density at radius 1 is 1.15 bits per heavy atom. The standard InChI is InChI=1S/C24H24BrN3O5S/c1-16-9-10-17(2)21(11-16)28(34(31,32)19-7-5-4-6-8-19)15-23(29)27-26-14-18-12-20(25)24(30)22(13-18)33-3/h4-14,30H,15H2,1-3H3,(H,27,29)/b26-14-. The van der Waals surface area contributed by atoms with Gasteiger partial charge in [0, 0.05) is 0 Å². The molecule has 0 saturated heterocycles. The van der Waals surface area contributed by atoms with E-state index in [0.29, 0.717) is 21.3 Å². The smallest absolute Gasteiger partial charge is 0.264 e. The number of anilines is 1. The summed E-state index contributed by atoms with van der Waals surface area (Å²) in [6.45, 7) is 3.17. The van der Waals surface area contributed by atoms with E-state index in [0.717, 1.165) is 9.87 Å². The minimum Gasteiger partial charge on any atom is -0.503 e. The van der Waals surface area contributed by atoms with Crippen molar-refractivity contribution >= 4 is 43.8 Å². The monoisotopic (exact) mass is 545 g/mol. The van der Waals surface area contributed by atoms with Crippen LogP contribution in [0.15, 0.2) is 75.1 Å². The molecule has 0 unspecified atom stereocenters. The summed E-state index contributed by atoms with van der Waals surface area (Å²) in [5.41, 5.74) is 4.90. The van der Waals surface area contributed by atoms with Crippen LogP contribution in [0.2, 0.25) is 0 Å². The number of phenols is 1. The molecule has 3 aromatic rings. The average molecular weight is 546 g/mol. The number of halogens is 1. The third-order valence-electron chi connectivity index (χ3n) is 4.93. The van der Waals surface area contributed by atoms with E-state index in [-0.39, 0.29) is 16.4 Å². The van der Waals surface area contributed by atoms with Gasteiger partial charge in [-0.15, -0.1) is 0 Å². The van der Waals surface area contributed by atoms with Gasteiger partial charge in [0.2, 0.25) is 0 Å². The highest BCUT2D eigenvalue weighted by Gasteiger charge is 2.28. The van der Waals surface area contributed by atoms with Gasteiger partial charge < -0.3 is 9.84 Å². The molecule has 3 rings (SSSR count). The maximum absolute atomic E-state index is 13.4. The molecule has 0 fully saturated rings. The van der Waals surface area contributed by atoms with Crippen LogP contribution in [0.25, 0.3) is 0 Å². The van der Waals surface area contributed by atoms with E-state index < -0.39 is 22.5 Å². The predicted molar refractivity (Wildman–Crippen MR) is 135 cm³/mol. The molecule has 0 bridgehead atoms. The third-order valence-corrected chi connectivity index (χ3v) is 7.30. The molecule has 2 N–H and O–H groups in total. The van der Waals surface area contributed by atoms with Gasteiger partial charge in [-0.2, -0.15) is 5.10 Å². The van der Waals surface area contributed by atoms with Crippen molar-refractivity contribution in [3.05, 3.63) is 81.8 Å². The van der Waals surface area contributed by atoms with Crippen LogP contribution in [-0.4, -0.2) is 39.3 Å². The van der Waals surface area contributed by atoms with Crippen molar-refractivity contribution in [2.45, 2.75) is 18.7 Å². The van der Waals surface area contributed by atoms with Crippen molar-refractivity contribution in [2.24, 2.45) is 5.10 Å². The first-order valence-corrected chi connectivity index (χ1v) is 12.4. The molecular weight excluding hydrogens is 522 g/mol. The number of ether oxygens (including phenoxy) is 1. The van der Waals surface area contributed by atoms with Gasteiger partial charge in [0.1, 0.15) is 6.54 Å². The minimum absolute atomic E-state index is 0.0565. The molecule has 1 amide bonds. The van der Waals surface area contributed by atoms with Crippen LogP contribution in [-0.2, 0) is 14.8 Å². The lowest BCUT2D eigenvalue weighted by Gasteiger charge is -2.25. The van der Waals surface area contributed by atoms with Crippen LogP contribution in [0.5, 0.6) is 11.5 Å². The molecule has 0 saturated carbocycles. The lowest BCUT2D eigenvalue weighted by molar-refractivity contribution is -0.119. The van der Waals surface area contributed by atoms with Gasteiger partial charge in [-0.05, 0) is 76.8 Å². The highest BCUT2D eigenvalue weighted by atomic mass is 79.9. The van der Waals surface area contributed by atoms with Gasteiger partial charge >= 0.3 is 0 Å². The molecule has 0 aliphatic carbocycles. The molecule has 0 heterocycles. The second-order valence-corrected chi connectivity index (χ2v) is 10.2. The number of aryl methyl sites for hydroxylation is 2. The molecule has 8 nitrogen and oxygen atoms in total. The first kappa shape index (κ1) is 25.3. The van der Waals surface area contributed by atoms with Crippen LogP contribution >= 0.6 is 15.9 Å². The lowest BCUT2D eigenvalue weighted by atomic mass is 10.1. The number of benzene rings is 3. The van der Waals surface area contributed by atoms with Crippen LogP contribution in [0.3, 0.4) is 0 Å². The summed E-state index contributed by atoms with van der Waals surface area (Å²) in [6, 6.07) is 16.5. The highest BCUT2D eigenvalue weighted by Crippen LogP contribution is 2.34. The molecule has 10 heteroatoms. The van der Waals surface area contributed by atoms with Crippen molar-refractivity contribution in [3.8, 4) is 11.5 Å². The van der Waals surface area contributed by atoms with E-state index in [1.165, 1.54) is 31.5 Å². The Morgan fingerprint density at radius 2 is 1.85 bits per heavy atom. The molecule has 0 atom stereocenters. The molecule has 0 aromatic heterocycles. The Bertz CT molecular complexity index is 1330. The number of carbonyl (C=O) groups is 1. The van der Waals surface area contributed by atoms with Gasteiger partial charge in [0.05, 0.1) is 28.4 Å². The number of hydrogen-bond acceptors (Lipinski definition) is 6. The third kappa shape index (κ3) is 5.75. The number of carbonyl (C=O) groups excluding carboxylic acids is 1. The van der Waals surface area contributed by atoms with Crippen molar-refractivity contribution < 1.29 is 23.1 Å². The quantitative estimate of drug-likeness (QED) is 0.327. The van der Waals surface area contributed by atoms with E-state index in [1.807, 2.05) is 19.1 Å². The second-order valence-electron chi connectivity index (χ2n) is 7.46. The largest absolute Gasteiger partial charge is 0.503 e. The molecule has 0 spiro atoms. The van der Waals surface area contributed by atoms with Crippen molar-refractivity contribution in [2.75, 3.05) is 18.0 Å². The Labute approximate surface area is 207 Å². The fourth-order valence-electron chi connectivity index (χ4n) is 3.18. The van der Waals surface area contributed by atoms with Crippen molar-refractivity contribution in [3.63, 3.8) is 0 Å². The fourth-order valence-corrected chi connectivity index (χ4v) is 5.13. The maximum Gasteiger partial charge on any atom is 0.264 e. The zero-order valence-electron chi connectivity index (χ0n) is 18.8. The Hall–Kier alpha value is -3.37. The molecular formula is C24H24BrN3O5S. The number of hydrogen-bond donors (Lipinski definition) is 2. The highest BCUT2D eigenvalue weighted by molar-refractivity contribution is 9.10. The number of phenolic OH excluding ortho intramolecular Hbond substituents is 1. The number of methoxy groups -OCH3 is 1. The van der Waals surface area contributed by atoms with E-state index >= 15 is 0 Å². The van der Waals surface area contributed by atoms with Gasteiger partial charge in [0.25, 0.3) is 15.9 Å². The van der Waals surface area contributed by atoms with E-state index in [2.05, 4.69) is 26.5 Å². The summed E-state index contributed by atoms with van der Waals surface area (Å²) in [7, 11) is -2.60. The van der Waals surface area contributed by atoms with Gasteiger partial charge in [-0.1, -0.05) is 30.3 Å². The van der Waals surface area contributed by atoms with Crippen LogP contribution in [0, 0.1) is 13.8 Å². The summed E-state index contributed by atoms with van der Waals surface area (Å²) >= 11 is 3.22. The number of hydrazone groups is 1.